The zero-order valence-electron chi connectivity index (χ0n) is 9.64. The number of aryl methyl sites for hydroxylation is 1. The molecule has 1 N–H and O–H groups in total. The average Bonchev–Trinajstić information content (AvgIpc) is 2.72. The summed E-state index contributed by atoms with van der Waals surface area (Å²) >= 11 is 1.67. The molecule has 0 fully saturated rings. The van der Waals surface area contributed by atoms with Gasteiger partial charge in [0.2, 0.25) is 5.91 Å². The molecule has 0 aliphatic carbocycles. The predicted octanol–water partition coefficient (Wildman–Crippen LogP) is 0.452. The van der Waals surface area contributed by atoms with E-state index in [2.05, 4.69) is 20.8 Å². The second-order valence-corrected chi connectivity index (χ2v) is 4.27. The number of rotatable bonds is 7. The molecule has 0 aromatic carbocycles. The number of carbonyl (C=O) groups excluding carboxylic acids is 1. The Morgan fingerprint density at radius 3 is 3.00 bits per heavy atom. The minimum absolute atomic E-state index is 0.102. The molecule has 0 saturated heterocycles. The van der Waals surface area contributed by atoms with Crippen LogP contribution >= 0.6 is 11.8 Å². The first-order valence-corrected chi connectivity index (χ1v) is 6.52. The molecular weight excluding hydrogens is 226 g/mol. The Morgan fingerprint density at radius 1 is 1.50 bits per heavy atom. The number of hydrogen-bond donors (Lipinski definition) is 1. The topological polar surface area (TPSA) is 72.7 Å². The Balaban J connectivity index is 2.18. The van der Waals surface area contributed by atoms with Crippen molar-refractivity contribution in [2.75, 3.05) is 12.3 Å². The van der Waals surface area contributed by atoms with Crippen LogP contribution in [0.2, 0.25) is 0 Å². The van der Waals surface area contributed by atoms with Gasteiger partial charge in [-0.1, -0.05) is 0 Å². The van der Waals surface area contributed by atoms with Crippen LogP contribution in [0.15, 0.2) is 0 Å². The van der Waals surface area contributed by atoms with E-state index in [4.69, 9.17) is 0 Å². The molecule has 1 amide bonds. The number of amides is 1. The Labute approximate surface area is 99.2 Å². The van der Waals surface area contributed by atoms with Crippen LogP contribution in [0, 0.1) is 0 Å². The molecule has 0 radical (unpaired) electrons. The molecule has 0 atom stereocenters. The molecule has 1 rings (SSSR count). The number of thioether (sulfide) groups is 1. The van der Waals surface area contributed by atoms with Crippen molar-refractivity contribution < 1.29 is 4.79 Å². The van der Waals surface area contributed by atoms with E-state index in [0.29, 0.717) is 13.0 Å². The first kappa shape index (κ1) is 13.0. The summed E-state index contributed by atoms with van der Waals surface area (Å²) in [5.41, 5.74) is 0. The standard InChI is InChI=1S/C9H17N5OS/c1-3-10-9(15)5-6-16-7-8-11-12-13-14(8)4-2/h3-7H2,1-2H3,(H,10,15). The van der Waals surface area contributed by atoms with E-state index >= 15 is 0 Å². The van der Waals surface area contributed by atoms with Crippen molar-refractivity contribution in [1.29, 1.82) is 0 Å². The fourth-order valence-corrected chi connectivity index (χ4v) is 2.05. The Hall–Kier alpha value is -1.11. The van der Waals surface area contributed by atoms with Crippen LogP contribution < -0.4 is 5.32 Å². The maximum atomic E-state index is 11.2. The van der Waals surface area contributed by atoms with Crippen molar-refractivity contribution in [1.82, 2.24) is 25.5 Å². The molecule has 0 aliphatic rings. The lowest BCUT2D eigenvalue weighted by atomic mass is 10.4. The summed E-state index contributed by atoms with van der Waals surface area (Å²) in [7, 11) is 0. The van der Waals surface area contributed by atoms with Gasteiger partial charge in [0.1, 0.15) is 0 Å². The van der Waals surface area contributed by atoms with Gasteiger partial charge in [-0.05, 0) is 24.3 Å². The van der Waals surface area contributed by atoms with E-state index in [1.54, 1.807) is 16.4 Å². The predicted molar refractivity (Wildman–Crippen MR) is 63.0 cm³/mol. The summed E-state index contributed by atoms with van der Waals surface area (Å²) in [6, 6.07) is 0. The normalized spacial score (nSPS) is 10.4. The molecule has 1 aromatic rings. The molecule has 1 aromatic heterocycles. The summed E-state index contributed by atoms with van der Waals surface area (Å²) in [6.07, 6.45) is 0.548. The Kier molecular flexibility index (Phi) is 5.84. The summed E-state index contributed by atoms with van der Waals surface area (Å²) in [5, 5.41) is 14.1. The maximum Gasteiger partial charge on any atom is 0.220 e. The van der Waals surface area contributed by atoms with Gasteiger partial charge in [-0.25, -0.2) is 4.68 Å². The molecular formula is C9H17N5OS. The molecule has 1 heterocycles. The van der Waals surface area contributed by atoms with Crippen LogP contribution in [0.4, 0.5) is 0 Å². The number of nitrogens with zero attached hydrogens (tertiary/aromatic N) is 4. The van der Waals surface area contributed by atoms with Gasteiger partial charge in [0, 0.05) is 25.3 Å². The molecule has 0 aliphatic heterocycles. The van der Waals surface area contributed by atoms with Crippen molar-refractivity contribution in [3.63, 3.8) is 0 Å². The SMILES string of the molecule is CCNC(=O)CCSCc1nnnn1CC. The lowest BCUT2D eigenvalue weighted by molar-refractivity contribution is -0.120. The summed E-state index contributed by atoms with van der Waals surface area (Å²) < 4.78 is 1.76. The molecule has 16 heavy (non-hydrogen) atoms. The first-order valence-electron chi connectivity index (χ1n) is 5.37. The summed E-state index contributed by atoms with van der Waals surface area (Å²) in [6.45, 7) is 5.39. The number of hydrogen-bond acceptors (Lipinski definition) is 5. The van der Waals surface area contributed by atoms with Gasteiger partial charge in [0.15, 0.2) is 5.82 Å². The van der Waals surface area contributed by atoms with Crippen LogP contribution in [0.25, 0.3) is 0 Å². The van der Waals surface area contributed by atoms with E-state index in [1.807, 2.05) is 13.8 Å². The molecule has 6 nitrogen and oxygen atoms in total. The first-order chi connectivity index (χ1) is 7.77. The van der Waals surface area contributed by atoms with Gasteiger partial charge >= 0.3 is 0 Å². The van der Waals surface area contributed by atoms with Crippen molar-refractivity contribution in [3.8, 4) is 0 Å². The summed E-state index contributed by atoms with van der Waals surface area (Å²) in [4.78, 5) is 11.2. The number of tetrazole rings is 1. The fraction of sp³-hybridized carbons (Fsp3) is 0.778. The Morgan fingerprint density at radius 2 is 2.31 bits per heavy atom. The minimum atomic E-state index is 0.102. The average molecular weight is 243 g/mol. The van der Waals surface area contributed by atoms with Gasteiger partial charge in [-0.2, -0.15) is 11.8 Å². The van der Waals surface area contributed by atoms with Crippen molar-refractivity contribution in [2.45, 2.75) is 32.6 Å². The molecule has 0 bridgehead atoms. The van der Waals surface area contributed by atoms with Gasteiger partial charge in [-0.15, -0.1) is 5.10 Å². The van der Waals surface area contributed by atoms with Crippen molar-refractivity contribution in [2.24, 2.45) is 0 Å². The molecule has 0 saturated carbocycles. The smallest absolute Gasteiger partial charge is 0.220 e. The molecule has 90 valence electrons. The molecule has 0 unspecified atom stereocenters. The quantitative estimate of drug-likeness (QED) is 0.704. The van der Waals surface area contributed by atoms with E-state index in [9.17, 15) is 4.79 Å². The third-order valence-corrected chi connectivity index (χ3v) is 2.94. The van der Waals surface area contributed by atoms with E-state index in [0.717, 1.165) is 23.9 Å². The van der Waals surface area contributed by atoms with Crippen LogP contribution in [0.5, 0.6) is 0 Å². The third kappa shape index (κ3) is 4.18. The van der Waals surface area contributed by atoms with E-state index in [1.165, 1.54) is 0 Å². The van der Waals surface area contributed by atoms with Gasteiger partial charge in [0.25, 0.3) is 0 Å². The Bertz CT molecular complexity index is 327. The van der Waals surface area contributed by atoms with Crippen molar-refractivity contribution in [3.05, 3.63) is 5.82 Å². The summed E-state index contributed by atoms with van der Waals surface area (Å²) in [5.74, 6) is 2.51. The highest BCUT2D eigenvalue weighted by molar-refractivity contribution is 7.98. The van der Waals surface area contributed by atoms with Gasteiger partial charge in [-0.3, -0.25) is 4.79 Å². The highest BCUT2D eigenvalue weighted by Gasteiger charge is 2.05. The number of aromatic nitrogens is 4. The van der Waals surface area contributed by atoms with E-state index in [-0.39, 0.29) is 5.91 Å². The molecule has 7 heteroatoms. The van der Waals surface area contributed by atoms with Gasteiger partial charge < -0.3 is 5.32 Å². The van der Waals surface area contributed by atoms with E-state index < -0.39 is 0 Å². The lowest BCUT2D eigenvalue weighted by Crippen LogP contribution is -2.22. The van der Waals surface area contributed by atoms with Gasteiger partial charge in [0.05, 0.1) is 5.75 Å². The zero-order valence-corrected chi connectivity index (χ0v) is 10.5. The van der Waals surface area contributed by atoms with Crippen LogP contribution in [-0.2, 0) is 17.1 Å². The minimum Gasteiger partial charge on any atom is -0.356 e. The maximum absolute atomic E-state index is 11.2. The van der Waals surface area contributed by atoms with Crippen LogP contribution in [0.3, 0.4) is 0 Å². The third-order valence-electron chi connectivity index (χ3n) is 1.98. The van der Waals surface area contributed by atoms with Crippen LogP contribution in [-0.4, -0.2) is 38.4 Å². The highest BCUT2D eigenvalue weighted by Crippen LogP contribution is 2.09. The lowest BCUT2D eigenvalue weighted by Gasteiger charge is -2.02. The second kappa shape index (κ2) is 7.21. The second-order valence-electron chi connectivity index (χ2n) is 3.17. The number of nitrogens with one attached hydrogen (secondary N) is 1. The zero-order chi connectivity index (χ0) is 11.8. The largest absolute Gasteiger partial charge is 0.356 e. The number of carbonyl (C=O) groups is 1. The fourth-order valence-electron chi connectivity index (χ4n) is 1.19. The highest BCUT2D eigenvalue weighted by atomic mass is 32.2. The van der Waals surface area contributed by atoms with Crippen LogP contribution in [0.1, 0.15) is 26.1 Å². The van der Waals surface area contributed by atoms with Crippen molar-refractivity contribution >= 4 is 17.7 Å². The monoisotopic (exact) mass is 243 g/mol. The molecule has 0 spiro atoms.